The molecule has 0 atom stereocenters. The normalized spacial score (nSPS) is 10.2. The fourth-order valence-electron chi connectivity index (χ4n) is 1.18. The Balaban J connectivity index is 2.05. The lowest BCUT2D eigenvalue weighted by Crippen LogP contribution is -1.98. The van der Waals surface area contributed by atoms with Gasteiger partial charge in [0.1, 0.15) is 0 Å². The highest BCUT2D eigenvalue weighted by atomic mass is 32.1. The number of thiophene rings is 1. The third kappa shape index (κ3) is 2.21. The lowest BCUT2D eigenvalue weighted by atomic mass is 10.3. The molecule has 2 heterocycles. The summed E-state index contributed by atoms with van der Waals surface area (Å²) in [6, 6.07) is 2.08. The van der Waals surface area contributed by atoms with E-state index >= 15 is 0 Å². The lowest BCUT2D eigenvalue weighted by molar-refractivity contribution is 0.419. The molecular formula is C9H11N3OS2. The molecule has 0 saturated carbocycles. The fraction of sp³-hybridized carbons (Fsp3) is 0.222. The number of ether oxygens (including phenoxy) is 1. The molecular weight excluding hydrogens is 230 g/mol. The standard InChI is InChI=1S/C9H11N3OS2/c1-13-7-8(10)12-15-9(7)11-4-6-2-3-14-5-6/h2-3,5,11H,4H2,1H3,(H2,10,12). The Morgan fingerprint density at radius 2 is 2.47 bits per heavy atom. The molecule has 2 aromatic heterocycles. The number of rotatable bonds is 4. The molecule has 2 rings (SSSR count). The second-order valence-electron chi connectivity index (χ2n) is 2.92. The molecule has 15 heavy (non-hydrogen) atoms. The van der Waals surface area contributed by atoms with Crippen LogP contribution in [0, 0.1) is 0 Å². The minimum Gasteiger partial charge on any atom is -0.490 e. The summed E-state index contributed by atoms with van der Waals surface area (Å²) in [5.41, 5.74) is 6.88. The molecule has 3 N–H and O–H groups in total. The SMILES string of the molecule is COc1c(N)nsc1NCc1ccsc1. The summed E-state index contributed by atoms with van der Waals surface area (Å²) in [5.74, 6) is 1.07. The van der Waals surface area contributed by atoms with E-state index in [1.807, 2.05) is 0 Å². The Morgan fingerprint density at radius 1 is 1.60 bits per heavy atom. The van der Waals surface area contributed by atoms with Crippen molar-refractivity contribution in [1.82, 2.24) is 4.37 Å². The number of nitrogens with one attached hydrogen (secondary N) is 1. The number of nitrogen functional groups attached to an aromatic ring is 1. The van der Waals surface area contributed by atoms with Gasteiger partial charge in [0, 0.05) is 6.54 Å². The highest BCUT2D eigenvalue weighted by molar-refractivity contribution is 7.11. The molecule has 0 spiro atoms. The topological polar surface area (TPSA) is 60.2 Å². The van der Waals surface area contributed by atoms with Crippen molar-refractivity contribution in [2.45, 2.75) is 6.54 Å². The molecule has 0 aliphatic carbocycles. The van der Waals surface area contributed by atoms with Crippen molar-refractivity contribution < 1.29 is 4.74 Å². The monoisotopic (exact) mass is 241 g/mol. The molecule has 6 heteroatoms. The van der Waals surface area contributed by atoms with E-state index in [2.05, 4.69) is 26.5 Å². The molecule has 0 aliphatic heterocycles. The van der Waals surface area contributed by atoms with Crippen LogP contribution >= 0.6 is 22.9 Å². The number of anilines is 2. The summed E-state index contributed by atoms with van der Waals surface area (Å²) in [5, 5.41) is 8.27. The van der Waals surface area contributed by atoms with Crippen LogP contribution in [0.3, 0.4) is 0 Å². The van der Waals surface area contributed by atoms with E-state index in [0.717, 1.165) is 11.5 Å². The van der Waals surface area contributed by atoms with Gasteiger partial charge in [-0.25, -0.2) is 0 Å². The molecule has 0 aliphatic rings. The van der Waals surface area contributed by atoms with Gasteiger partial charge in [-0.15, -0.1) is 0 Å². The van der Waals surface area contributed by atoms with Crippen LogP contribution in [0.4, 0.5) is 10.8 Å². The highest BCUT2D eigenvalue weighted by Gasteiger charge is 2.10. The summed E-state index contributed by atoms with van der Waals surface area (Å²) < 4.78 is 9.17. The van der Waals surface area contributed by atoms with E-state index in [9.17, 15) is 0 Å². The Hall–Kier alpha value is -1.27. The summed E-state index contributed by atoms with van der Waals surface area (Å²) in [4.78, 5) is 0. The van der Waals surface area contributed by atoms with E-state index < -0.39 is 0 Å². The van der Waals surface area contributed by atoms with Gasteiger partial charge in [-0.1, -0.05) is 0 Å². The van der Waals surface area contributed by atoms with Crippen molar-refractivity contribution in [3.8, 4) is 5.75 Å². The average molecular weight is 241 g/mol. The smallest absolute Gasteiger partial charge is 0.197 e. The predicted octanol–water partition coefficient (Wildman–Crippen LogP) is 2.41. The zero-order valence-electron chi connectivity index (χ0n) is 8.19. The quantitative estimate of drug-likeness (QED) is 0.863. The van der Waals surface area contributed by atoms with E-state index in [1.54, 1.807) is 18.4 Å². The van der Waals surface area contributed by atoms with Crippen LogP contribution < -0.4 is 15.8 Å². The number of hydrogen-bond donors (Lipinski definition) is 2. The number of methoxy groups -OCH3 is 1. The molecule has 0 bridgehead atoms. The van der Waals surface area contributed by atoms with E-state index in [1.165, 1.54) is 17.1 Å². The maximum atomic E-state index is 5.64. The van der Waals surface area contributed by atoms with Crippen LogP contribution in [0.25, 0.3) is 0 Å². The van der Waals surface area contributed by atoms with Crippen molar-refractivity contribution >= 4 is 33.7 Å². The molecule has 0 radical (unpaired) electrons. The number of hydrogen-bond acceptors (Lipinski definition) is 6. The predicted molar refractivity (Wildman–Crippen MR) is 64.7 cm³/mol. The number of nitrogens with zero attached hydrogens (tertiary/aromatic N) is 1. The molecule has 0 unspecified atom stereocenters. The van der Waals surface area contributed by atoms with Gasteiger partial charge >= 0.3 is 0 Å². The minimum atomic E-state index is 0.440. The zero-order chi connectivity index (χ0) is 10.7. The largest absolute Gasteiger partial charge is 0.490 e. The summed E-state index contributed by atoms with van der Waals surface area (Å²) in [7, 11) is 1.59. The average Bonchev–Trinajstić information content (AvgIpc) is 2.84. The molecule has 2 aromatic rings. The first-order valence-electron chi connectivity index (χ1n) is 4.35. The zero-order valence-corrected chi connectivity index (χ0v) is 9.82. The molecule has 0 saturated heterocycles. The maximum absolute atomic E-state index is 5.64. The van der Waals surface area contributed by atoms with Gasteiger partial charge in [0.2, 0.25) is 0 Å². The molecule has 0 fully saturated rings. The van der Waals surface area contributed by atoms with Crippen LogP contribution in [-0.2, 0) is 6.54 Å². The summed E-state index contributed by atoms with van der Waals surface area (Å²) in [6.45, 7) is 0.765. The third-order valence-electron chi connectivity index (χ3n) is 1.91. The first kappa shape index (κ1) is 10.3. The van der Waals surface area contributed by atoms with Gasteiger partial charge in [-0.3, -0.25) is 0 Å². The van der Waals surface area contributed by atoms with Gasteiger partial charge in [0.15, 0.2) is 16.6 Å². The second kappa shape index (κ2) is 4.50. The first-order chi connectivity index (χ1) is 7.31. The molecule has 80 valence electrons. The second-order valence-corrected chi connectivity index (χ2v) is 4.47. The van der Waals surface area contributed by atoms with Crippen LogP contribution in [0.5, 0.6) is 5.75 Å². The third-order valence-corrected chi connectivity index (χ3v) is 3.44. The first-order valence-corrected chi connectivity index (χ1v) is 6.07. The summed E-state index contributed by atoms with van der Waals surface area (Å²) >= 11 is 3.00. The van der Waals surface area contributed by atoms with Crippen molar-refractivity contribution in [3.63, 3.8) is 0 Å². The van der Waals surface area contributed by atoms with Gasteiger partial charge < -0.3 is 15.8 Å². The molecule has 4 nitrogen and oxygen atoms in total. The van der Waals surface area contributed by atoms with Crippen LogP contribution in [0.2, 0.25) is 0 Å². The van der Waals surface area contributed by atoms with Gasteiger partial charge in [0.05, 0.1) is 7.11 Å². The van der Waals surface area contributed by atoms with Crippen molar-refractivity contribution in [2.24, 2.45) is 0 Å². The minimum absolute atomic E-state index is 0.440. The Kier molecular flexibility index (Phi) is 3.08. The van der Waals surface area contributed by atoms with Gasteiger partial charge in [0.25, 0.3) is 0 Å². The van der Waals surface area contributed by atoms with Crippen molar-refractivity contribution in [2.75, 3.05) is 18.2 Å². The van der Waals surface area contributed by atoms with Crippen LogP contribution in [-0.4, -0.2) is 11.5 Å². The Morgan fingerprint density at radius 3 is 3.13 bits per heavy atom. The van der Waals surface area contributed by atoms with E-state index in [0.29, 0.717) is 11.6 Å². The summed E-state index contributed by atoms with van der Waals surface area (Å²) in [6.07, 6.45) is 0. The van der Waals surface area contributed by atoms with Crippen LogP contribution in [0.15, 0.2) is 16.8 Å². The van der Waals surface area contributed by atoms with E-state index in [-0.39, 0.29) is 0 Å². The van der Waals surface area contributed by atoms with Gasteiger partial charge in [-0.2, -0.15) is 15.7 Å². The lowest BCUT2D eigenvalue weighted by Gasteiger charge is -2.04. The van der Waals surface area contributed by atoms with Crippen molar-refractivity contribution in [1.29, 1.82) is 0 Å². The van der Waals surface area contributed by atoms with E-state index in [4.69, 9.17) is 10.5 Å². The van der Waals surface area contributed by atoms with Crippen LogP contribution in [0.1, 0.15) is 5.56 Å². The highest BCUT2D eigenvalue weighted by Crippen LogP contribution is 2.34. The maximum Gasteiger partial charge on any atom is 0.197 e. The fourth-order valence-corrected chi connectivity index (χ4v) is 2.53. The Labute approximate surface area is 95.9 Å². The number of aromatic nitrogens is 1. The van der Waals surface area contributed by atoms with Gasteiger partial charge in [-0.05, 0) is 33.9 Å². The Bertz CT molecular complexity index is 425. The number of nitrogens with two attached hydrogens (primary N) is 1. The van der Waals surface area contributed by atoms with Crippen molar-refractivity contribution in [3.05, 3.63) is 22.4 Å². The molecule has 0 amide bonds. The molecule has 0 aromatic carbocycles.